The van der Waals surface area contributed by atoms with Crippen LogP contribution < -0.4 is 10.6 Å². The first-order valence-electron chi connectivity index (χ1n) is 6.77. The van der Waals surface area contributed by atoms with Crippen molar-refractivity contribution in [1.29, 1.82) is 0 Å². The van der Waals surface area contributed by atoms with Crippen molar-refractivity contribution in [2.75, 3.05) is 17.2 Å². The summed E-state index contributed by atoms with van der Waals surface area (Å²) in [7, 11) is 0. The van der Waals surface area contributed by atoms with Crippen molar-refractivity contribution in [3.05, 3.63) is 59.2 Å². The second-order valence-corrected chi connectivity index (χ2v) is 5.00. The highest BCUT2D eigenvalue weighted by Gasteiger charge is 2.09. The van der Waals surface area contributed by atoms with E-state index in [0.717, 1.165) is 24.5 Å². The van der Waals surface area contributed by atoms with Gasteiger partial charge in [0.25, 0.3) is 0 Å². The van der Waals surface area contributed by atoms with Crippen molar-refractivity contribution >= 4 is 11.4 Å². The van der Waals surface area contributed by atoms with Crippen LogP contribution in [0.1, 0.15) is 23.6 Å². The molecule has 0 saturated carbocycles. The summed E-state index contributed by atoms with van der Waals surface area (Å²) in [6.07, 6.45) is 0. The molecule has 2 nitrogen and oxygen atoms in total. The molecule has 0 saturated heterocycles. The molecule has 2 heteroatoms. The summed E-state index contributed by atoms with van der Waals surface area (Å²) in [5, 5.41) is 0. The van der Waals surface area contributed by atoms with Crippen LogP contribution in [0.4, 0.5) is 11.4 Å². The van der Waals surface area contributed by atoms with E-state index in [1.165, 1.54) is 16.7 Å². The lowest BCUT2D eigenvalue weighted by atomic mass is 10.0. The number of nitrogen functional groups attached to an aromatic ring is 1. The van der Waals surface area contributed by atoms with Crippen LogP contribution in [-0.4, -0.2) is 6.54 Å². The Morgan fingerprint density at radius 1 is 1.05 bits per heavy atom. The van der Waals surface area contributed by atoms with Crippen molar-refractivity contribution in [2.24, 2.45) is 0 Å². The molecule has 0 radical (unpaired) electrons. The molecule has 100 valence electrons. The molecular weight excluding hydrogens is 232 g/mol. The minimum Gasteiger partial charge on any atom is -0.397 e. The fraction of sp³-hybridized carbons (Fsp3) is 0.294. The SMILES string of the molecule is CCN(Cc1cc(C)ccc1C)c1ccccc1N. The van der Waals surface area contributed by atoms with Crippen LogP contribution in [0, 0.1) is 13.8 Å². The lowest BCUT2D eigenvalue weighted by Gasteiger charge is -2.25. The molecule has 0 aliphatic heterocycles. The fourth-order valence-corrected chi connectivity index (χ4v) is 2.32. The molecule has 2 aromatic carbocycles. The smallest absolute Gasteiger partial charge is 0.0602 e. The zero-order valence-electron chi connectivity index (χ0n) is 12.0. The molecule has 0 aliphatic rings. The second-order valence-electron chi connectivity index (χ2n) is 5.00. The van der Waals surface area contributed by atoms with Crippen LogP contribution in [0.3, 0.4) is 0 Å². The zero-order valence-corrected chi connectivity index (χ0v) is 12.0. The van der Waals surface area contributed by atoms with E-state index < -0.39 is 0 Å². The minimum absolute atomic E-state index is 0.842. The summed E-state index contributed by atoms with van der Waals surface area (Å²) < 4.78 is 0. The summed E-state index contributed by atoms with van der Waals surface area (Å²) >= 11 is 0. The van der Waals surface area contributed by atoms with E-state index in [1.807, 2.05) is 18.2 Å². The summed E-state index contributed by atoms with van der Waals surface area (Å²) in [5.74, 6) is 0. The Labute approximate surface area is 115 Å². The Morgan fingerprint density at radius 2 is 1.79 bits per heavy atom. The molecule has 0 aromatic heterocycles. The molecule has 0 fully saturated rings. The molecule has 0 bridgehead atoms. The van der Waals surface area contributed by atoms with Gasteiger partial charge in [0.1, 0.15) is 0 Å². The van der Waals surface area contributed by atoms with Crippen molar-refractivity contribution in [3.63, 3.8) is 0 Å². The Kier molecular flexibility index (Phi) is 4.10. The van der Waals surface area contributed by atoms with E-state index in [9.17, 15) is 0 Å². The van der Waals surface area contributed by atoms with E-state index in [-0.39, 0.29) is 0 Å². The predicted molar refractivity (Wildman–Crippen MR) is 83.5 cm³/mol. The molecule has 2 rings (SSSR count). The number of para-hydroxylation sites is 2. The predicted octanol–water partition coefficient (Wildman–Crippen LogP) is 3.91. The molecule has 0 amide bonds. The molecule has 0 unspecified atom stereocenters. The van der Waals surface area contributed by atoms with Gasteiger partial charge in [-0.15, -0.1) is 0 Å². The molecule has 2 N–H and O–H groups in total. The van der Waals surface area contributed by atoms with Crippen LogP contribution in [0.15, 0.2) is 42.5 Å². The number of rotatable bonds is 4. The summed E-state index contributed by atoms with van der Waals surface area (Å²) in [5.41, 5.74) is 12.0. The van der Waals surface area contributed by atoms with E-state index in [4.69, 9.17) is 5.73 Å². The van der Waals surface area contributed by atoms with Crippen LogP contribution in [0.5, 0.6) is 0 Å². The van der Waals surface area contributed by atoms with Crippen molar-refractivity contribution in [3.8, 4) is 0 Å². The Morgan fingerprint density at radius 3 is 2.47 bits per heavy atom. The summed E-state index contributed by atoms with van der Waals surface area (Å²) in [6, 6.07) is 14.7. The third-order valence-electron chi connectivity index (χ3n) is 3.53. The maximum absolute atomic E-state index is 6.08. The van der Waals surface area contributed by atoms with Gasteiger partial charge in [0.05, 0.1) is 11.4 Å². The maximum Gasteiger partial charge on any atom is 0.0602 e. The molecule has 0 heterocycles. The van der Waals surface area contributed by atoms with E-state index in [0.29, 0.717) is 0 Å². The van der Waals surface area contributed by atoms with Gasteiger partial charge in [-0.2, -0.15) is 0 Å². The van der Waals surface area contributed by atoms with Crippen LogP contribution >= 0.6 is 0 Å². The van der Waals surface area contributed by atoms with Crippen LogP contribution in [0.2, 0.25) is 0 Å². The quantitative estimate of drug-likeness (QED) is 0.838. The van der Waals surface area contributed by atoms with Crippen molar-refractivity contribution in [1.82, 2.24) is 0 Å². The van der Waals surface area contributed by atoms with Gasteiger partial charge in [-0.1, -0.05) is 35.9 Å². The highest BCUT2D eigenvalue weighted by Crippen LogP contribution is 2.25. The number of aryl methyl sites for hydroxylation is 2. The van der Waals surface area contributed by atoms with E-state index >= 15 is 0 Å². The Bertz CT molecular complexity index is 561. The average molecular weight is 254 g/mol. The van der Waals surface area contributed by atoms with Gasteiger partial charge >= 0.3 is 0 Å². The second kappa shape index (κ2) is 5.79. The van der Waals surface area contributed by atoms with Gasteiger partial charge < -0.3 is 10.6 Å². The fourth-order valence-electron chi connectivity index (χ4n) is 2.32. The van der Waals surface area contributed by atoms with Crippen LogP contribution in [0.25, 0.3) is 0 Å². The number of nitrogens with two attached hydrogens (primary N) is 1. The molecule has 0 atom stereocenters. The molecule has 0 aliphatic carbocycles. The molecule has 2 aromatic rings. The molecular formula is C17H22N2. The van der Waals surface area contributed by atoms with Gasteiger partial charge in [0.2, 0.25) is 0 Å². The first-order chi connectivity index (χ1) is 9.11. The maximum atomic E-state index is 6.08. The van der Waals surface area contributed by atoms with Crippen LogP contribution in [-0.2, 0) is 6.54 Å². The first-order valence-corrected chi connectivity index (χ1v) is 6.77. The lowest BCUT2D eigenvalue weighted by Crippen LogP contribution is -2.23. The normalized spacial score (nSPS) is 10.5. The average Bonchev–Trinajstić information content (AvgIpc) is 2.41. The number of hydrogen-bond donors (Lipinski definition) is 1. The van der Waals surface area contributed by atoms with E-state index in [1.54, 1.807) is 0 Å². The van der Waals surface area contributed by atoms with Crippen molar-refractivity contribution < 1.29 is 0 Å². The highest BCUT2D eigenvalue weighted by atomic mass is 15.1. The Balaban J connectivity index is 2.29. The van der Waals surface area contributed by atoms with Gasteiger partial charge in [-0.25, -0.2) is 0 Å². The standard InChI is InChI=1S/C17H22N2/c1-4-19(17-8-6-5-7-16(17)18)12-15-11-13(2)9-10-14(15)3/h5-11H,4,12,18H2,1-3H3. The van der Waals surface area contributed by atoms with Gasteiger partial charge in [-0.05, 0) is 44.0 Å². The summed E-state index contributed by atoms with van der Waals surface area (Å²) in [6.45, 7) is 8.31. The summed E-state index contributed by atoms with van der Waals surface area (Å²) in [4.78, 5) is 2.32. The third kappa shape index (κ3) is 3.08. The lowest BCUT2D eigenvalue weighted by molar-refractivity contribution is 0.828. The van der Waals surface area contributed by atoms with Gasteiger partial charge in [0.15, 0.2) is 0 Å². The monoisotopic (exact) mass is 254 g/mol. The largest absolute Gasteiger partial charge is 0.397 e. The molecule has 0 spiro atoms. The first kappa shape index (κ1) is 13.5. The minimum atomic E-state index is 0.842. The Hall–Kier alpha value is -1.96. The van der Waals surface area contributed by atoms with E-state index in [2.05, 4.69) is 49.9 Å². The zero-order chi connectivity index (χ0) is 13.8. The van der Waals surface area contributed by atoms with Gasteiger partial charge in [-0.3, -0.25) is 0 Å². The number of nitrogens with zero attached hydrogens (tertiary/aromatic N) is 1. The number of anilines is 2. The topological polar surface area (TPSA) is 29.3 Å². The molecule has 19 heavy (non-hydrogen) atoms. The highest BCUT2D eigenvalue weighted by molar-refractivity contribution is 5.67. The number of hydrogen-bond acceptors (Lipinski definition) is 2. The van der Waals surface area contributed by atoms with Gasteiger partial charge in [0, 0.05) is 13.1 Å². The third-order valence-corrected chi connectivity index (χ3v) is 3.53. The number of benzene rings is 2. The van der Waals surface area contributed by atoms with Crippen molar-refractivity contribution in [2.45, 2.75) is 27.3 Å².